The van der Waals surface area contributed by atoms with Crippen LogP contribution in [0.2, 0.25) is 0 Å². The van der Waals surface area contributed by atoms with Gasteiger partial charge in [0.2, 0.25) is 5.88 Å². The van der Waals surface area contributed by atoms with Gasteiger partial charge in [0, 0.05) is 42.9 Å². The zero-order valence-corrected chi connectivity index (χ0v) is 13.8. The number of pyridine rings is 1. The molecule has 5 heteroatoms. The van der Waals surface area contributed by atoms with Crippen molar-refractivity contribution < 1.29 is 14.2 Å². The molecule has 1 aliphatic rings. The number of rotatable bonds is 6. The van der Waals surface area contributed by atoms with Crippen molar-refractivity contribution in [3.05, 3.63) is 47.2 Å². The normalized spacial score (nSPS) is 15.9. The first kappa shape index (κ1) is 15.6. The molecule has 0 bridgehead atoms. The zero-order valence-electron chi connectivity index (χ0n) is 13.8. The van der Waals surface area contributed by atoms with Crippen LogP contribution in [0.25, 0.3) is 0 Å². The number of ether oxygens (including phenoxy) is 3. The Labute approximate surface area is 136 Å². The van der Waals surface area contributed by atoms with E-state index < -0.39 is 0 Å². The number of methoxy groups -OCH3 is 2. The van der Waals surface area contributed by atoms with Crippen LogP contribution in [0, 0.1) is 0 Å². The summed E-state index contributed by atoms with van der Waals surface area (Å²) in [5.74, 6) is 2.50. The third kappa shape index (κ3) is 3.56. The number of benzene rings is 1. The van der Waals surface area contributed by atoms with E-state index in [4.69, 9.17) is 14.2 Å². The summed E-state index contributed by atoms with van der Waals surface area (Å²) in [6, 6.07) is 8.04. The first-order valence-corrected chi connectivity index (χ1v) is 7.75. The lowest BCUT2D eigenvalue weighted by Crippen LogP contribution is -2.13. The molecule has 0 saturated heterocycles. The van der Waals surface area contributed by atoms with Gasteiger partial charge in [-0.25, -0.2) is 4.98 Å². The van der Waals surface area contributed by atoms with Crippen LogP contribution in [0.1, 0.15) is 23.6 Å². The SMILES string of the molecule is COc1ccc(CNCc2cc3c(cc2OC)CC(C)O3)cn1. The maximum absolute atomic E-state index is 5.83. The molecule has 1 atom stereocenters. The summed E-state index contributed by atoms with van der Waals surface area (Å²) in [7, 11) is 3.32. The number of nitrogens with zero attached hydrogens (tertiary/aromatic N) is 1. The van der Waals surface area contributed by atoms with E-state index in [-0.39, 0.29) is 6.10 Å². The van der Waals surface area contributed by atoms with Gasteiger partial charge in [0.25, 0.3) is 0 Å². The van der Waals surface area contributed by atoms with E-state index in [0.717, 1.165) is 35.6 Å². The Morgan fingerprint density at radius 2 is 2.09 bits per heavy atom. The number of hydrogen-bond donors (Lipinski definition) is 1. The van der Waals surface area contributed by atoms with E-state index in [9.17, 15) is 0 Å². The van der Waals surface area contributed by atoms with Crippen LogP contribution in [0.3, 0.4) is 0 Å². The van der Waals surface area contributed by atoms with Gasteiger partial charge in [-0.3, -0.25) is 0 Å². The first-order chi connectivity index (χ1) is 11.2. The van der Waals surface area contributed by atoms with Crippen LogP contribution in [0.4, 0.5) is 0 Å². The third-order valence-electron chi connectivity index (χ3n) is 3.95. The molecule has 1 aromatic heterocycles. The molecule has 23 heavy (non-hydrogen) atoms. The highest BCUT2D eigenvalue weighted by Gasteiger charge is 2.21. The minimum absolute atomic E-state index is 0.239. The van der Waals surface area contributed by atoms with E-state index in [0.29, 0.717) is 12.4 Å². The summed E-state index contributed by atoms with van der Waals surface area (Å²) >= 11 is 0. The maximum atomic E-state index is 5.83. The zero-order chi connectivity index (χ0) is 16.2. The Kier molecular flexibility index (Phi) is 4.67. The van der Waals surface area contributed by atoms with E-state index in [1.54, 1.807) is 14.2 Å². The monoisotopic (exact) mass is 314 g/mol. The fraction of sp³-hybridized carbons (Fsp3) is 0.389. The molecule has 1 unspecified atom stereocenters. The molecule has 2 aromatic rings. The van der Waals surface area contributed by atoms with Crippen molar-refractivity contribution in [2.45, 2.75) is 32.5 Å². The van der Waals surface area contributed by atoms with Gasteiger partial charge in [-0.2, -0.15) is 0 Å². The summed E-state index contributed by atoms with van der Waals surface area (Å²) < 4.78 is 16.4. The molecule has 1 aliphatic heterocycles. The topological polar surface area (TPSA) is 52.6 Å². The fourth-order valence-electron chi connectivity index (χ4n) is 2.79. The van der Waals surface area contributed by atoms with Gasteiger partial charge in [-0.05, 0) is 24.6 Å². The predicted octanol–water partition coefficient (Wildman–Crippen LogP) is 2.71. The predicted molar refractivity (Wildman–Crippen MR) is 88.1 cm³/mol. The summed E-state index contributed by atoms with van der Waals surface area (Å²) in [6.07, 6.45) is 3.00. The van der Waals surface area contributed by atoms with E-state index in [1.807, 2.05) is 18.3 Å². The molecule has 5 nitrogen and oxygen atoms in total. The molecule has 0 aliphatic carbocycles. The lowest BCUT2D eigenvalue weighted by molar-refractivity contribution is 0.254. The quantitative estimate of drug-likeness (QED) is 0.888. The van der Waals surface area contributed by atoms with Crippen LogP contribution >= 0.6 is 0 Å². The third-order valence-corrected chi connectivity index (χ3v) is 3.95. The van der Waals surface area contributed by atoms with E-state index in [1.165, 1.54) is 5.56 Å². The van der Waals surface area contributed by atoms with Crippen molar-refractivity contribution in [2.24, 2.45) is 0 Å². The van der Waals surface area contributed by atoms with Crippen LogP contribution in [0.15, 0.2) is 30.5 Å². The Hall–Kier alpha value is -2.27. The molecular weight excluding hydrogens is 292 g/mol. The highest BCUT2D eigenvalue weighted by atomic mass is 16.5. The number of nitrogens with one attached hydrogen (secondary N) is 1. The van der Waals surface area contributed by atoms with Gasteiger partial charge in [0.05, 0.1) is 14.2 Å². The Morgan fingerprint density at radius 1 is 1.22 bits per heavy atom. The van der Waals surface area contributed by atoms with Gasteiger partial charge in [0.1, 0.15) is 17.6 Å². The van der Waals surface area contributed by atoms with E-state index in [2.05, 4.69) is 29.4 Å². The highest BCUT2D eigenvalue weighted by molar-refractivity contribution is 5.48. The minimum atomic E-state index is 0.239. The molecule has 0 spiro atoms. The summed E-state index contributed by atoms with van der Waals surface area (Å²) in [5.41, 5.74) is 3.43. The second kappa shape index (κ2) is 6.87. The molecule has 3 rings (SSSR count). The van der Waals surface area contributed by atoms with Gasteiger partial charge >= 0.3 is 0 Å². The molecule has 0 fully saturated rings. The van der Waals surface area contributed by atoms with Crippen molar-refractivity contribution in [1.82, 2.24) is 10.3 Å². The van der Waals surface area contributed by atoms with Crippen LogP contribution in [0.5, 0.6) is 17.4 Å². The second-order valence-corrected chi connectivity index (χ2v) is 5.72. The lowest BCUT2D eigenvalue weighted by Gasteiger charge is -2.12. The van der Waals surface area contributed by atoms with Crippen molar-refractivity contribution in [1.29, 1.82) is 0 Å². The Balaban J connectivity index is 1.64. The Morgan fingerprint density at radius 3 is 2.78 bits per heavy atom. The summed E-state index contributed by atoms with van der Waals surface area (Å²) in [4.78, 5) is 4.21. The molecule has 0 saturated carbocycles. The first-order valence-electron chi connectivity index (χ1n) is 7.75. The molecule has 122 valence electrons. The van der Waals surface area contributed by atoms with Crippen LogP contribution < -0.4 is 19.5 Å². The van der Waals surface area contributed by atoms with Gasteiger partial charge < -0.3 is 19.5 Å². The smallest absolute Gasteiger partial charge is 0.212 e. The van der Waals surface area contributed by atoms with Gasteiger partial charge in [-0.1, -0.05) is 6.07 Å². The summed E-state index contributed by atoms with van der Waals surface area (Å²) in [5, 5.41) is 3.42. The molecule has 1 N–H and O–H groups in total. The van der Waals surface area contributed by atoms with Crippen molar-refractivity contribution in [3.8, 4) is 17.4 Å². The van der Waals surface area contributed by atoms with Crippen LogP contribution in [-0.2, 0) is 19.5 Å². The van der Waals surface area contributed by atoms with Crippen molar-refractivity contribution in [3.63, 3.8) is 0 Å². The second-order valence-electron chi connectivity index (χ2n) is 5.72. The molecule has 1 aromatic carbocycles. The van der Waals surface area contributed by atoms with Crippen LogP contribution in [-0.4, -0.2) is 25.3 Å². The summed E-state index contributed by atoms with van der Waals surface area (Å²) in [6.45, 7) is 3.52. The fourth-order valence-corrected chi connectivity index (χ4v) is 2.79. The molecule has 0 radical (unpaired) electrons. The van der Waals surface area contributed by atoms with Crippen molar-refractivity contribution >= 4 is 0 Å². The molecular formula is C18H22N2O3. The largest absolute Gasteiger partial charge is 0.496 e. The standard InChI is InChI=1S/C18H22N2O3/c1-12-6-14-7-16(21-2)15(8-17(14)23-12)11-19-9-13-4-5-18(22-3)20-10-13/h4-5,7-8,10,12,19H,6,9,11H2,1-3H3. The maximum Gasteiger partial charge on any atom is 0.212 e. The minimum Gasteiger partial charge on any atom is -0.496 e. The van der Waals surface area contributed by atoms with Gasteiger partial charge in [-0.15, -0.1) is 0 Å². The number of fused-ring (bicyclic) bond motifs is 1. The number of hydrogen-bond acceptors (Lipinski definition) is 5. The highest BCUT2D eigenvalue weighted by Crippen LogP contribution is 2.34. The molecule has 0 amide bonds. The average molecular weight is 314 g/mol. The van der Waals surface area contributed by atoms with Gasteiger partial charge in [0.15, 0.2) is 0 Å². The van der Waals surface area contributed by atoms with E-state index >= 15 is 0 Å². The Bertz CT molecular complexity index is 671. The molecule has 2 heterocycles. The lowest BCUT2D eigenvalue weighted by atomic mass is 10.1. The average Bonchev–Trinajstić information content (AvgIpc) is 2.93. The van der Waals surface area contributed by atoms with Crippen molar-refractivity contribution in [2.75, 3.05) is 14.2 Å². The number of aromatic nitrogens is 1.